The number of benzene rings is 1. The summed E-state index contributed by atoms with van der Waals surface area (Å²) in [4.78, 5) is 0. The van der Waals surface area contributed by atoms with Gasteiger partial charge in [0.25, 0.3) is 0 Å². The van der Waals surface area contributed by atoms with Crippen molar-refractivity contribution in [1.29, 1.82) is 0 Å². The summed E-state index contributed by atoms with van der Waals surface area (Å²) in [6.07, 6.45) is 0. The predicted molar refractivity (Wildman–Crippen MR) is 59.9 cm³/mol. The van der Waals surface area contributed by atoms with Gasteiger partial charge in [0.15, 0.2) is 0 Å². The predicted octanol–water partition coefficient (Wildman–Crippen LogP) is 2.20. The third-order valence-corrected chi connectivity index (χ3v) is 3.06. The van der Waals surface area contributed by atoms with Crippen LogP contribution in [0, 0.1) is 0 Å². The molecule has 0 bridgehead atoms. The zero-order valence-corrected chi connectivity index (χ0v) is 10.3. The summed E-state index contributed by atoms with van der Waals surface area (Å²) in [5.41, 5.74) is 0.863. The van der Waals surface area contributed by atoms with Crippen LogP contribution in [0.3, 0.4) is 0 Å². The van der Waals surface area contributed by atoms with Gasteiger partial charge in [-0.3, -0.25) is 0 Å². The molecule has 1 heterocycles. The Morgan fingerprint density at radius 1 is 1.53 bits per heavy atom. The highest BCUT2D eigenvalue weighted by Crippen LogP contribution is 2.37. The summed E-state index contributed by atoms with van der Waals surface area (Å²) in [6, 6.07) is 3.80. The molecule has 1 aliphatic rings. The Bertz CT molecular complexity index is 388. The molecule has 0 radical (unpaired) electrons. The molecule has 3 nitrogen and oxygen atoms in total. The maximum Gasteiger partial charge on any atom is 0.125 e. The van der Waals surface area contributed by atoms with E-state index in [0.717, 1.165) is 21.3 Å². The second-order valence-corrected chi connectivity index (χ2v) is 4.82. The van der Waals surface area contributed by atoms with Gasteiger partial charge in [-0.1, -0.05) is 15.9 Å². The Morgan fingerprint density at radius 3 is 2.93 bits per heavy atom. The highest BCUT2D eigenvalue weighted by Gasteiger charge is 2.32. The lowest BCUT2D eigenvalue weighted by molar-refractivity contribution is -0.0610. The summed E-state index contributed by atoms with van der Waals surface area (Å²) in [5, 5.41) is 10.2. The van der Waals surface area contributed by atoms with E-state index in [1.165, 1.54) is 0 Å². The first-order valence-electron chi connectivity index (χ1n) is 4.71. The van der Waals surface area contributed by atoms with Crippen molar-refractivity contribution in [1.82, 2.24) is 0 Å². The van der Waals surface area contributed by atoms with E-state index in [4.69, 9.17) is 9.47 Å². The summed E-state index contributed by atoms with van der Waals surface area (Å²) in [5.74, 6) is 0.749. The van der Waals surface area contributed by atoms with Gasteiger partial charge in [0.05, 0.1) is 20.3 Å². The summed E-state index contributed by atoms with van der Waals surface area (Å²) < 4.78 is 11.5. The molecular weight excluding hydrogens is 260 g/mol. The van der Waals surface area contributed by atoms with Gasteiger partial charge in [-0.05, 0) is 24.6 Å². The fourth-order valence-corrected chi connectivity index (χ4v) is 2.29. The molecule has 1 N–H and O–H groups in total. The third-order valence-electron chi connectivity index (χ3n) is 2.60. The van der Waals surface area contributed by atoms with Crippen molar-refractivity contribution in [2.45, 2.75) is 19.1 Å². The highest BCUT2D eigenvalue weighted by atomic mass is 79.9. The van der Waals surface area contributed by atoms with Crippen LogP contribution in [-0.2, 0) is 16.9 Å². The lowest BCUT2D eigenvalue weighted by Gasteiger charge is -2.32. The number of fused-ring (bicyclic) bond motifs is 1. The van der Waals surface area contributed by atoms with E-state index in [1.807, 2.05) is 12.1 Å². The van der Waals surface area contributed by atoms with E-state index in [1.54, 1.807) is 14.0 Å². The van der Waals surface area contributed by atoms with E-state index < -0.39 is 5.60 Å². The molecule has 0 saturated heterocycles. The number of hydrogen-bond acceptors (Lipinski definition) is 3. The van der Waals surface area contributed by atoms with Gasteiger partial charge < -0.3 is 14.6 Å². The minimum Gasteiger partial charge on any atom is -0.496 e. The molecule has 2 rings (SSSR count). The number of rotatable bonds is 1. The number of hydrogen-bond donors (Lipinski definition) is 1. The first-order valence-corrected chi connectivity index (χ1v) is 5.51. The minimum atomic E-state index is -0.940. The molecule has 0 saturated carbocycles. The summed E-state index contributed by atoms with van der Waals surface area (Å²) >= 11 is 3.40. The molecular formula is C11H13BrO3. The van der Waals surface area contributed by atoms with Gasteiger partial charge in [0, 0.05) is 10.0 Å². The van der Waals surface area contributed by atoms with Gasteiger partial charge in [-0.2, -0.15) is 0 Å². The highest BCUT2D eigenvalue weighted by molar-refractivity contribution is 9.10. The molecule has 82 valence electrons. The summed E-state index contributed by atoms with van der Waals surface area (Å²) in [6.45, 7) is 2.55. The largest absolute Gasteiger partial charge is 0.496 e. The number of halogens is 1. The minimum absolute atomic E-state index is 0.319. The SMILES string of the molecule is COc1cc(Br)cc2c1COCC2(C)O. The molecule has 0 amide bonds. The Balaban J connectivity index is 2.61. The van der Waals surface area contributed by atoms with Crippen molar-refractivity contribution in [3.8, 4) is 5.75 Å². The maximum atomic E-state index is 10.2. The second kappa shape index (κ2) is 3.77. The Kier molecular flexibility index (Phi) is 2.75. The topological polar surface area (TPSA) is 38.7 Å². The van der Waals surface area contributed by atoms with Crippen LogP contribution in [0.1, 0.15) is 18.1 Å². The quantitative estimate of drug-likeness (QED) is 0.852. The van der Waals surface area contributed by atoms with Crippen LogP contribution in [0.25, 0.3) is 0 Å². The average Bonchev–Trinajstić information content (AvgIpc) is 2.18. The molecule has 1 aromatic carbocycles. The van der Waals surface area contributed by atoms with Crippen molar-refractivity contribution >= 4 is 15.9 Å². The zero-order valence-electron chi connectivity index (χ0n) is 8.71. The molecule has 0 spiro atoms. The van der Waals surface area contributed by atoms with Gasteiger partial charge in [0.1, 0.15) is 11.4 Å². The van der Waals surface area contributed by atoms with Crippen LogP contribution in [0.2, 0.25) is 0 Å². The van der Waals surface area contributed by atoms with Crippen molar-refractivity contribution in [2.24, 2.45) is 0 Å². The van der Waals surface area contributed by atoms with E-state index in [0.29, 0.717) is 13.2 Å². The molecule has 1 aromatic rings. The van der Waals surface area contributed by atoms with Gasteiger partial charge in [0.2, 0.25) is 0 Å². The van der Waals surface area contributed by atoms with Crippen LogP contribution in [0.15, 0.2) is 16.6 Å². The van der Waals surface area contributed by atoms with Crippen LogP contribution in [0.4, 0.5) is 0 Å². The van der Waals surface area contributed by atoms with Crippen LogP contribution < -0.4 is 4.74 Å². The van der Waals surface area contributed by atoms with E-state index in [-0.39, 0.29) is 0 Å². The normalized spacial score (nSPS) is 24.8. The standard InChI is InChI=1S/C11H13BrO3/c1-11(13)6-15-5-8-9(11)3-7(12)4-10(8)14-2/h3-4,13H,5-6H2,1-2H3. The molecule has 0 aliphatic carbocycles. The smallest absolute Gasteiger partial charge is 0.125 e. The Labute approximate surface area is 97.1 Å². The van der Waals surface area contributed by atoms with Crippen molar-refractivity contribution in [3.63, 3.8) is 0 Å². The zero-order chi connectivity index (χ0) is 11.1. The second-order valence-electron chi connectivity index (χ2n) is 3.90. The third kappa shape index (κ3) is 1.89. The van der Waals surface area contributed by atoms with E-state index in [2.05, 4.69) is 15.9 Å². The number of methoxy groups -OCH3 is 1. The fraction of sp³-hybridized carbons (Fsp3) is 0.455. The molecule has 0 fully saturated rings. The van der Waals surface area contributed by atoms with Crippen LogP contribution >= 0.6 is 15.9 Å². The van der Waals surface area contributed by atoms with Crippen LogP contribution in [-0.4, -0.2) is 18.8 Å². The maximum absolute atomic E-state index is 10.2. The summed E-state index contributed by atoms with van der Waals surface area (Å²) in [7, 11) is 1.62. The van der Waals surface area contributed by atoms with Crippen molar-refractivity contribution < 1.29 is 14.6 Å². The monoisotopic (exact) mass is 272 g/mol. The van der Waals surface area contributed by atoms with Gasteiger partial charge in [-0.25, -0.2) is 0 Å². The molecule has 1 aliphatic heterocycles. The first-order chi connectivity index (χ1) is 7.04. The fourth-order valence-electron chi connectivity index (χ4n) is 1.85. The molecule has 15 heavy (non-hydrogen) atoms. The van der Waals surface area contributed by atoms with E-state index >= 15 is 0 Å². The van der Waals surface area contributed by atoms with Gasteiger partial charge >= 0.3 is 0 Å². The number of ether oxygens (including phenoxy) is 2. The molecule has 1 unspecified atom stereocenters. The molecule has 0 aromatic heterocycles. The van der Waals surface area contributed by atoms with Gasteiger partial charge in [-0.15, -0.1) is 0 Å². The Morgan fingerprint density at radius 2 is 2.27 bits per heavy atom. The van der Waals surface area contributed by atoms with Crippen molar-refractivity contribution in [3.05, 3.63) is 27.7 Å². The van der Waals surface area contributed by atoms with Crippen molar-refractivity contribution in [2.75, 3.05) is 13.7 Å². The van der Waals surface area contributed by atoms with E-state index in [9.17, 15) is 5.11 Å². The lowest BCUT2D eigenvalue weighted by atomic mass is 9.90. The molecule has 1 atom stereocenters. The Hall–Kier alpha value is -0.580. The average molecular weight is 273 g/mol. The first kappa shape index (κ1) is 10.9. The number of aliphatic hydroxyl groups is 1. The van der Waals surface area contributed by atoms with Crippen LogP contribution in [0.5, 0.6) is 5.75 Å². The molecule has 4 heteroatoms. The lowest BCUT2D eigenvalue weighted by Crippen LogP contribution is -2.33.